The average molecular weight is 463 g/mol. The Bertz CT molecular complexity index is 1060. The number of nitrogen functional groups attached to an aromatic ring is 1. The number of hydrogen-bond acceptors (Lipinski definition) is 11. The van der Waals surface area contributed by atoms with Gasteiger partial charge in [0.2, 0.25) is 11.6 Å². The molecule has 0 saturated heterocycles. The molecule has 1 heterocycles. The zero-order valence-electron chi connectivity index (χ0n) is 18.5. The van der Waals surface area contributed by atoms with Crippen LogP contribution in [-0.2, 0) is 4.74 Å². The van der Waals surface area contributed by atoms with Crippen molar-refractivity contribution in [1.29, 1.82) is 0 Å². The van der Waals surface area contributed by atoms with Crippen molar-refractivity contribution < 1.29 is 33.8 Å². The third kappa shape index (κ3) is 5.64. The number of methoxy groups -OCH3 is 3. The predicted octanol–water partition coefficient (Wildman–Crippen LogP) is 3.18. The number of amides is 1. The average Bonchev–Trinajstić information content (AvgIpc) is 2.78. The van der Waals surface area contributed by atoms with Gasteiger partial charge in [-0.2, -0.15) is 0 Å². The van der Waals surface area contributed by atoms with Crippen LogP contribution in [0.25, 0.3) is 5.57 Å². The minimum Gasteiger partial charge on any atom is -0.515 e. The summed E-state index contributed by atoms with van der Waals surface area (Å²) in [6.45, 7) is 1.65. The number of hydrogen-bond donors (Lipinski definition) is 4. The van der Waals surface area contributed by atoms with Crippen LogP contribution in [-0.4, -0.2) is 55.6 Å². The summed E-state index contributed by atoms with van der Waals surface area (Å²) in [4.78, 5) is 26.3. The zero-order chi connectivity index (χ0) is 24.5. The molecule has 0 aliphatic rings. The van der Waals surface area contributed by atoms with Gasteiger partial charge in [-0.05, 0) is 19.1 Å². The van der Waals surface area contributed by atoms with E-state index < -0.39 is 22.5 Å². The van der Waals surface area contributed by atoms with Crippen molar-refractivity contribution in [1.82, 2.24) is 4.98 Å². The number of nitrogens with zero attached hydrogens (tertiary/aromatic N) is 2. The first kappa shape index (κ1) is 24.8. The van der Waals surface area contributed by atoms with Crippen LogP contribution in [0.1, 0.15) is 12.5 Å². The Morgan fingerprint density at radius 3 is 2.48 bits per heavy atom. The van der Waals surface area contributed by atoms with Crippen molar-refractivity contribution >= 4 is 34.7 Å². The van der Waals surface area contributed by atoms with E-state index in [1.54, 1.807) is 19.1 Å². The number of aromatic nitrogens is 1. The lowest BCUT2D eigenvalue weighted by Crippen LogP contribution is -2.16. The lowest BCUT2D eigenvalue weighted by molar-refractivity contribution is -0.383. The molecule has 33 heavy (non-hydrogen) atoms. The fraction of sp³-hybridized carbons (Fsp3) is 0.300. The van der Waals surface area contributed by atoms with E-state index in [9.17, 15) is 20.0 Å². The molecule has 1 aromatic heterocycles. The van der Waals surface area contributed by atoms with Crippen LogP contribution in [0.5, 0.6) is 17.2 Å². The second kappa shape index (κ2) is 11.3. The number of aliphatic hydroxyl groups is 1. The molecule has 0 saturated carbocycles. The van der Waals surface area contributed by atoms with Crippen molar-refractivity contribution in [3.8, 4) is 17.2 Å². The number of anilines is 3. The number of pyridine rings is 1. The minimum atomic E-state index is -0.796. The summed E-state index contributed by atoms with van der Waals surface area (Å²) in [7, 11) is 4.33. The third-order valence-electron chi connectivity index (χ3n) is 4.38. The number of rotatable bonds is 10. The van der Waals surface area contributed by atoms with Crippen LogP contribution in [0.2, 0.25) is 0 Å². The van der Waals surface area contributed by atoms with Crippen molar-refractivity contribution in [2.24, 2.45) is 0 Å². The monoisotopic (exact) mass is 463 g/mol. The molecule has 0 aliphatic carbocycles. The highest BCUT2D eigenvalue weighted by molar-refractivity contribution is 5.87. The van der Waals surface area contributed by atoms with Crippen molar-refractivity contribution in [3.63, 3.8) is 0 Å². The first-order valence-corrected chi connectivity index (χ1v) is 9.56. The molecular formula is C20H25N5O8. The number of nitrogens with two attached hydrogens (primary N) is 1. The summed E-state index contributed by atoms with van der Waals surface area (Å²) in [5.41, 5.74) is 5.94. The lowest BCUT2D eigenvalue weighted by Gasteiger charge is -2.18. The highest BCUT2D eigenvalue weighted by Gasteiger charge is 2.24. The number of aliphatic hydroxyl groups excluding tert-OH is 1. The van der Waals surface area contributed by atoms with Gasteiger partial charge >= 0.3 is 11.8 Å². The van der Waals surface area contributed by atoms with E-state index in [1.807, 2.05) is 0 Å². The molecule has 178 valence electrons. The van der Waals surface area contributed by atoms with Gasteiger partial charge in [0.1, 0.15) is 11.5 Å². The smallest absolute Gasteiger partial charge is 0.412 e. The molecule has 0 bridgehead atoms. The SMILES string of the molecule is CCOC(=O)Nc1cc(NC/C(=C\O)c2ccc(OC)c(OC)c2OC)c([N+](=O)[O-])c(N)n1. The summed E-state index contributed by atoms with van der Waals surface area (Å²) >= 11 is 0. The maximum absolute atomic E-state index is 11.7. The zero-order valence-corrected chi connectivity index (χ0v) is 18.5. The molecular weight excluding hydrogens is 438 g/mol. The summed E-state index contributed by atoms with van der Waals surface area (Å²) in [5.74, 6) is 0.521. The number of ether oxygens (including phenoxy) is 4. The molecule has 5 N–H and O–H groups in total. The molecule has 0 radical (unpaired) electrons. The van der Waals surface area contributed by atoms with Gasteiger partial charge in [-0.1, -0.05) is 0 Å². The molecule has 0 atom stereocenters. The van der Waals surface area contributed by atoms with E-state index in [2.05, 4.69) is 15.6 Å². The first-order valence-electron chi connectivity index (χ1n) is 9.56. The normalized spacial score (nSPS) is 10.8. The predicted molar refractivity (Wildman–Crippen MR) is 121 cm³/mol. The molecule has 0 unspecified atom stereocenters. The second-order valence-corrected chi connectivity index (χ2v) is 6.28. The highest BCUT2D eigenvalue weighted by Crippen LogP contribution is 2.42. The molecule has 2 rings (SSSR count). The van der Waals surface area contributed by atoms with Gasteiger partial charge < -0.3 is 35.1 Å². The molecule has 2 aromatic rings. The van der Waals surface area contributed by atoms with E-state index in [4.69, 9.17) is 24.7 Å². The quantitative estimate of drug-likeness (QED) is 0.231. The third-order valence-corrected chi connectivity index (χ3v) is 4.38. The summed E-state index contributed by atoms with van der Waals surface area (Å²) in [6, 6.07) is 4.48. The molecule has 0 spiro atoms. The van der Waals surface area contributed by atoms with Crippen LogP contribution in [0.4, 0.5) is 27.8 Å². The summed E-state index contributed by atoms with van der Waals surface area (Å²) < 4.78 is 20.8. The molecule has 13 heteroatoms. The second-order valence-electron chi connectivity index (χ2n) is 6.28. The Morgan fingerprint density at radius 1 is 1.24 bits per heavy atom. The van der Waals surface area contributed by atoms with Gasteiger partial charge in [0.25, 0.3) is 0 Å². The Balaban J connectivity index is 2.41. The number of benzene rings is 1. The van der Waals surface area contributed by atoms with Gasteiger partial charge in [0.15, 0.2) is 11.5 Å². The van der Waals surface area contributed by atoms with Crippen LogP contribution >= 0.6 is 0 Å². The van der Waals surface area contributed by atoms with Crippen molar-refractivity contribution in [2.45, 2.75) is 6.92 Å². The van der Waals surface area contributed by atoms with Crippen LogP contribution < -0.4 is 30.6 Å². The summed E-state index contributed by atoms with van der Waals surface area (Å²) in [6.07, 6.45) is 0.0282. The molecule has 13 nitrogen and oxygen atoms in total. The van der Waals surface area contributed by atoms with E-state index in [1.165, 1.54) is 27.4 Å². The van der Waals surface area contributed by atoms with Gasteiger partial charge in [-0.3, -0.25) is 15.4 Å². The van der Waals surface area contributed by atoms with E-state index >= 15 is 0 Å². The highest BCUT2D eigenvalue weighted by atomic mass is 16.6. The topological polar surface area (TPSA) is 180 Å². The molecule has 0 aliphatic heterocycles. The van der Waals surface area contributed by atoms with Crippen LogP contribution in [0, 0.1) is 10.1 Å². The largest absolute Gasteiger partial charge is 0.515 e. The Morgan fingerprint density at radius 2 is 1.94 bits per heavy atom. The van der Waals surface area contributed by atoms with E-state index in [0.29, 0.717) is 22.6 Å². The van der Waals surface area contributed by atoms with Gasteiger partial charge in [-0.25, -0.2) is 9.78 Å². The van der Waals surface area contributed by atoms with Gasteiger partial charge in [-0.15, -0.1) is 0 Å². The summed E-state index contributed by atoms with van der Waals surface area (Å²) in [5, 5.41) is 26.6. The number of nitrogens with one attached hydrogen (secondary N) is 2. The molecule has 0 fully saturated rings. The standard InChI is InChI=1S/C20H25N5O8/c1-5-33-20(27)24-15-8-13(16(25(28)29)19(21)23-15)22-9-11(10-26)12-6-7-14(30-2)18(32-4)17(12)31-3/h6-8,10,26H,5,9H2,1-4H3,(H4,21,22,23,24,27)/b11-10+. The van der Waals surface area contributed by atoms with Crippen molar-refractivity contribution in [3.05, 3.63) is 40.1 Å². The van der Waals surface area contributed by atoms with E-state index in [0.717, 1.165) is 6.26 Å². The lowest BCUT2D eigenvalue weighted by atomic mass is 10.0. The number of carbonyl (C=O) groups is 1. The fourth-order valence-corrected chi connectivity index (χ4v) is 2.98. The Hall–Kier alpha value is -4.42. The maximum atomic E-state index is 11.7. The maximum Gasteiger partial charge on any atom is 0.412 e. The van der Waals surface area contributed by atoms with Gasteiger partial charge in [0, 0.05) is 23.7 Å². The van der Waals surface area contributed by atoms with Crippen LogP contribution in [0.3, 0.4) is 0 Å². The Labute approximate surface area is 189 Å². The molecule has 1 amide bonds. The molecule has 1 aromatic carbocycles. The van der Waals surface area contributed by atoms with Crippen molar-refractivity contribution in [2.75, 3.05) is 50.8 Å². The number of carbonyl (C=O) groups excluding carboxylic acids is 1. The number of nitro groups is 1. The van der Waals surface area contributed by atoms with Crippen LogP contribution in [0.15, 0.2) is 24.5 Å². The van der Waals surface area contributed by atoms with Gasteiger partial charge in [0.05, 0.1) is 39.1 Å². The minimum absolute atomic E-state index is 0.0434. The van der Waals surface area contributed by atoms with E-state index in [-0.39, 0.29) is 30.4 Å². The fourth-order valence-electron chi connectivity index (χ4n) is 2.98. The first-order chi connectivity index (χ1) is 15.8. The Kier molecular flexibility index (Phi) is 8.49.